The van der Waals surface area contributed by atoms with Crippen LogP contribution in [0.5, 0.6) is 0 Å². The summed E-state index contributed by atoms with van der Waals surface area (Å²) in [7, 11) is 0. The van der Waals surface area contributed by atoms with Crippen LogP contribution < -0.4 is 10.7 Å². The minimum atomic E-state index is -4.72. The zero-order chi connectivity index (χ0) is 20.5. The van der Waals surface area contributed by atoms with Gasteiger partial charge in [0.15, 0.2) is 5.69 Å². The molecule has 1 heterocycles. The van der Waals surface area contributed by atoms with Crippen LogP contribution >= 0.6 is 11.8 Å². The van der Waals surface area contributed by atoms with E-state index in [0.29, 0.717) is 5.75 Å². The number of nitrogens with one attached hydrogen (secondary N) is 2. The van der Waals surface area contributed by atoms with Gasteiger partial charge in [-0.3, -0.25) is 0 Å². The maximum Gasteiger partial charge on any atom is 0.431 e. The van der Waals surface area contributed by atoms with Crippen LogP contribution in [0.15, 0.2) is 23.3 Å². The Kier molecular flexibility index (Phi) is 5.89. The fraction of sp³-hybridized carbons (Fsp3) is 0.500. The van der Waals surface area contributed by atoms with E-state index in [4.69, 9.17) is 6.57 Å². The molecular formula is C16H16F6N4S. The van der Waals surface area contributed by atoms with Crippen molar-refractivity contribution in [2.75, 3.05) is 11.1 Å². The second-order valence-electron chi connectivity index (χ2n) is 6.08. The highest BCUT2D eigenvalue weighted by molar-refractivity contribution is 8.00. The number of nitrogens with zero attached hydrogens (tertiary/aromatic N) is 2. The van der Waals surface area contributed by atoms with Crippen molar-refractivity contribution < 1.29 is 26.3 Å². The molecule has 1 unspecified atom stereocenters. The minimum absolute atomic E-state index is 0.0594. The maximum absolute atomic E-state index is 13.1. The average molecular weight is 410 g/mol. The molecule has 1 aromatic rings. The van der Waals surface area contributed by atoms with E-state index in [0.717, 1.165) is 12.1 Å². The van der Waals surface area contributed by atoms with Gasteiger partial charge in [-0.05, 0) is 24.8 Å². The van der Waals surface area contributed by atoms with Crippen LogP contribution in [0.25, 0.3) is 4.85 Å². The molecule has 1 aliphatic heterocycles. The summed E-state index contributed by atoms with van der Waals surface area (Å²) in [6.45, 7) is 10.2. The Balaban J connectivity index is 2.29. The molecular weight excluding hydrogens is 394 g/mol. The van der Waals surface area contributed by atoms with Gasteiger partial charge in [0, 0.05) is 12.1 Å². The summed E-state index contributed by atoms with van der Waals surface area (Å²) in [5, 5.41) is 5.52. The van der Waals surface area contributed by atoms with Gasteiger partial charge in [0.25, 0.3) is 0 Å². The zero-order valence-electron chi connectivity index (χ0n) is 14.3. The quantitative estimate of drug-likeness (QED) is 0.387. The van der Waals surface area contributed by atoms with E-state index in [1.807, 2.05) is 0 Å². The molecule has 0 fully saturated rings. The molecule has 0 radical (unpaired) electrons. The molecule has 0 amide bonds. The van der Waals surface area contributed by atoms with Crippen LogP contribution in [0, 0.1) is 6.57 Å². The Hall–Kier alpha value is -2.09. The molecule has 1 aromatic carbocycles. The first-order valence-corrected chi connectivity index (χ1v) is 8.83. The zero-order valence-corrected chi connectivity index (χ0v) is 15.1. The minimum Gasteiger partial charge on any atom is -0.371 e. The number of alkyl halides is 6. The van der Waals surface area contributed by atoms with Gasteiger partial charge in [0.1, 0.15) is 5.71 Å². The number of anilines is 1. The smallest absolute Gasteiger partial charge is 0.371 e. The van der Waals surface area contributed by atoms with Crippen LogP contribution in [-0.2, 0) is 6.18 Å². The van der Waals surface area contributed by atoms with E-state index in [1.165, 1.54) is 24.8 Å². The number of hydrazone groups is 1. The highest BCUT2D eigenvalue weighted by atomic mass is 32.2. The van der Waals surface area contributed by atoms with Crippen LogP contribution in [-0.4, -0.2) is 28.6 Å². The van der Waals surface area contributed by atoms with Crippen LogP contribution in [0.1, 0.15) is 25.8 Å². The summed E-state index contributed by atoms with van der Waals surface area (Å²) in [4.78, 5) is 2.86. The monoisotopic (exact) mass is 410 g/mol. The lowest BCUT2D eigenvalue weighted by Gasteiger charge is -2.34. The summed E-state index contributed by atoms with van der Waals surface area (Å²) >= 11 is 1.25. The normalized spacial score (nSPS) is 21.2. The van der Waals surface area contributed by atoms with E-state index in [2.05, 4.69) is 20.7 Å². The van der Waals surface area contributed by atoms with Crippen molar-refractivity contribution in [3.63, 3.8) is 0 Å². The number of hydrogen-bond acceptors (Lipinski definition) is 4. The Labute approximate surface area is 156 Å². The summed E-state index contributed by atoms with van der Waals surface area (Å²) in [6, 6.07) is 3.13. The average Bonchev–Trinajstić information content (AvgIpc) is 2.97. The Morgan fingerprint density at radius 2 is 1.96 bits per heavy atom. The first-order valence-electron chi connectivity index (χ1n) is 7.78. The summed E-state index contributed by atoms with van der Waals surface area (Å²) in [5.74, 6) is 0.516. The van der Waals surface area contributed by atoms with Gasteiger partial charge < -0.3 is 10.7 Å². The molecule has 27 heavy (non-hydrogen) atoms. The Bertz CT molecular complexity index is 768. The van der Waals surface area contributed by atoms with Gasteiger partial charge in [-0.1, -0.05) is 13.0 Å². The molecule has 2 N–H and O–H groups in total. The van der Waals surface area contributed by atoms with Crippen molar-refractivity contribution in [2.24, 2.45) is 5.10 Å². The predicted octanol–water partition coefficient (Wildman–Crippen LogP) is 5.42. The number of benzene rings is 1. The van der Waals surface area contributed by atoms with E-state index in [-0.39, 0.29) is 5.69 Å². The Morgan fingerprint density at radius 3 is 2.44 bits per heavy atom. The fourth-order valence-electron chi connectivity index (χ4n) is 2.59. The number of rotatable bonds is 5. The van der Waals surface area contributed by atoms with Gasteiger partial charge in [-0.15, -0.1) is 11.8 Å². The standard InChI is InChI=1S/C16H16F6N4S/c1-4-27-13(14(2)8-12(25-26-14)16(20,21)22)24-9-5-6-11(23-3)10(7-9)15(17,18)19/h5-7,13,24,26H,4,8H2,1-2H3/t13?,14-/m1/s1. The Morgan fingerprint density at radius 1 is 1.30 bits per heavy atom. The molecule has 0 aliphatic carbocycles. The third kappa shape index (κ3) is 4.80. The lowest BCUT2D eigenvalue weighted by Crippen LogP contribution is -2.50. The molecule has 4 nitrogen and oxygen atoms in total. The van der Waals surface area contributed by atoms with Crippen molar-refractivity contribution in [3.8, 4) is 0 Å². The summed E-state index contributed by atoms with van der Waals surface area (Å²) in [6.07, 6.45) is -9.71. The fourth-order valence-corrected chi connectivity index (χ4v) is 3.65. The molecule has 2 rings (SSSR count). The molecule has 0 spiro atoms. The topological polar surface area (TPSA) is 40.8 Å². The molecule has 148 valence electrons. The van der Waals surface area contributed by atoms with E-state index in [1.54, 1.807) is 6.92 Å². The molecule has 0 saturated heterocycles. The van der Waals surface area contributed by atoms with Crippen LogP contribution in [0.2, 0.25) is 0 Å². The van der Waals surface area contributed by atoms with E-state index < -0.39 is 46.6 Å². The first kappa shape index (κ1) is 21.2. The second kappa shape index (κ2) is 7.50. The lowest BCUT2D eigenvalue weighted by molar-refractivity contribution is -0.136. The van der Waals surface area contributed by atoms with Crippen molar-refractivity contribution in [3.05, 3.63) is 35.2 Å². The van der Waals surface area contributed by atoms with Gasteiger partial charge in [-0.2, -0.15) is 31.4 Å². The highest BCUT2D eigenvalue weighted by Gasteiger charge is 2.48. The maximum atomic E-state index is 13.1. The lowest BCUT2D eigenvalue weighted by atomic mass is 9.96. The predicted molar refractivity (Wildman–Crippen MR) is 92.9 cm³/mol. The SMILES string of the molecule is [C-]#[N+]c1ccc(NC(SCC)[C@@]2(C)CC(C(F)(F)F)=NN2)cc1C(F)(F)F. The highest BCUT2D eigenvalue weighted by Crippen LogP contribution is 2.40. The van der Waals surface area contributed by atoms with E-state index >= 15 is 0 Å². The molecule has 11 heteroatoms. The third-order valence-electron chi connectivity index (χ3n) is 3.94. The summed E-state index contributed by atoms with van der Waals surface area (Å²) < 4.78 is 78.1. The number of thioether (sulfide) groups is 1. The van der Waals surface area contributed by atoms with Gasteiger partial charge >= 0.3 is 12.4 Å². The van der Waals surface area contributed by atoms with Gasteiger partial charge in [0.2, 0.25) is 0 Å². The van der Waals surface area contributed by atoms with Gasteiger partial charge in [-0.25, -0.2) is 4.85 Å². The third-order valence-corrected chi connectivity index (χ3v) is 5.25. The molecule has 0 saturated carbocycles. The number of halogens is 6. The van der Waals surface area contributed by atoms with Crippen molar-refractivity contribution in [1.82, 2.24) is 5.43 Å². The van der Waals surface area contributed by atoms with Crippen molar-refractivity contribution in [1.29, 1.82) is 0 Å². The molecule has 0 bridgehead atoms. The molecule has 2 atom stereocenters. The first-order chi connectivity index (χ1) is 12.4. The van der Waals surface area contributed by atoms with E-state index in [9.17, 15) is 26.3 Å². The van der Waals surface area contributed by atoms with Gasteiger partial charge in [0.05, 0.1) is 23.0 Å². The van der Waals surface area contributed by atoms with Crippen molar-refractivity contribution in [2.45, 2.75) is 43.5 Å². The van der Waals surface area contributed by atoms with Crippen LogP contribution in [0.3, 0.4) is 0 Å². The second-order valence-corrected chi connectivity index (χ2v) is 7.47. The number of hydrogen-bond donors (Lipinski definition) is 2. The molecule has 0 aromatic heterocycles. The van der Waals surface area contributed by atoms with Crippen LogP contribution in [0.4, 0.5) is 37.7 Å². The summed E-state index contributed by atoms with van der Waals surface area (Å²) in [5.41, 5.74) is -1.22. The largest absolute Gasteiger partial charge is 0.431 e. The molecule has 1 aliphatic rings. The van der Waals surface area contributed by atoms with Crippen molar-refractivity contribution >= 4 is 28.8 Å².